The molecule has 373 valence electrons. The number of halogens is 1. The van der Waals surface area contributed by atoms with E-state index in [1.165, 1.54) is 0 Å². The number of hydrogen-bond acceptors (Lipinski definition) is 15. The molecule has 0 aliphatic carbocycles. The largest absolute Gasteiger partial charge is 0.480 e. The van der Waals surface area contributed by atoms with Gasteiger partial charge in [-0.15, -0.1) is 0 Å². The Labute approximate surface area is 413 Å². The van der Waals surface area contributed by atoms with Gasteiger partial charge in [-0.25, -0.2) is 9.37 Å². The Morgan fingerprint density at radius 3 is 1.91 bits per heavy atom. The molecule has 2 amide bonds. The molecule has 3 aromatic heterocycles. The summed E-state index contributed by atoms with van der Waals surface area (Å²) in [6.45, 7) is 14.7. The third-order valence-corrected chi connectivity index (χ3v) is 11.3. The Kier molecular flexibility index (Phi) is 20.9. The fourth-order valence-corrected chi connectivity index (χ4v) is 7.83. The van der Waals surface area contributed by atoms with Crippen LogP contribution >= 0.6 is 0 Å². The van der Waals surface area contributed by atoms with Gasteiger partial charge in [0, 0.05) is 121 Å². The summed E-state index contributed by atoms with van der Waals surface area (Å²) in [7, 11) is 0. The van der Waals surface area contributed by atoms with Crippen LogP contribution in [0.2, 0.25) is 0 Å². The van der Waals surface area contributed by atoms with E-state index in [2.05, 4.69) is 27.5 Å². The van der Waals surface area contributed by atoms with Gasteiger partial charge < -0.3 is 40.7 Å². The number of anilines is 3. The van der Waals surface area contributed by atoms with E-state index < -0.39 is 36.0 Å². The van der Waals surface area contributed by atoms with E-state index in [1.54, 1.807) is 25.9 Å². The van der Waals surface area contributed by atoms with Crippen molar-refractivity contribution in [2.75, 3.05) is 108 Å². The van der Waals surface area contributed by atoms with Crippen molar-refractivity contribution in [2.24, 2.45) is 0 Å². The van der Waals surface area contributed by atoms with Crippen molar-refractivity contribution in [1.82, 2.24) is 59.5 Å². The summed E-state index contributed by atoms with van der Waals surface area (Å²) < 4.78 is 18.9. The van der Waals surface area contributed by atoms with Crippen molar-refractivity contribution >= 4 is 58.3 Å². The molecule has 66 heavy (non-hydrogen) atoms. The Morgan fingerprint density at radius 1 is 0.833 bits per heavy atom. The second kappa shape index (κ2) is 25.5. The van der Waals surface area contributed by atoms with Gasteiger partial charge in [0.15, 0.2) is 17.0 Å². The van der Waals surface area contributed by atoms with Crippen LogP contribution in [0.15, 0.2) is 25.2 Å². The van der Waals surface area contributed by atoms with Gasteiger partial charge in [-0.05, 0) is 52.5 Å². The molecule has 22 nitrogen and oxygen atoms in total. The maximum Gasteiger partial charge on any atom is 0.317 e. The zero-order valence-corrected chi connectivity index (χ0v) is 39.8. The summed E-state index contributed by atoms with van der Waals surface area (Å²) in [5.74, 6) is -2.95. The Bertz CT molecular complexity index is 2100. The molecule has 1 radical (unpaired) electrons. The van der Waals surface area contributed by atoms with Crippen molar-refractivity contribution in [3.8, 4) is 0 Å². The molecule has 24 heteroatoms. The predicted octanol–water partition coefficient (Wildman–Crippen LogP) is 0.675. The second-order valence-corrected chi connectivity index (χ2v) is 17.5. The zero-order chi connectivity index (χ0) is 47.3. The number of amides is 2. The van der Waals surface area contributed by atoms with E-state index in [1.807, 2.05) is 48.0 Å². The van der Waals surface area contributed by atoms with Gasteiger partial charge in [0.25, 0.3) is 0 Å². The number of unbranched alkanes of at least 4 members (excludes halogenated alkanes) is 2. The second-order valence-electron chi connectivity index (χ2n) is 17.5. The molecule has 5 rings (SSSR count). The number of fused-ring (bicyclic) bond motifs is 1. The van der Waals surface area contributed by atoms with Gasteiger partial charge in [-0.3, -0.25) is 48.3 Å². The van der Waals surface area contributed by atoms with Crippen LogP contribution in [0.25, 0.3) is 11.2 Å². The summed E-state index contributed by atoms with van der Waals surface area (Å²) in [5.41, 5.74) is 2.32. The summed E-state index contributed by atoms with van der Waals surface area (Å²) in [6.07, 6.45) is 6.37. The maximum absolute atomic E-state index is 15.1. The summed E-state index contributed by atoms with van der Waals surface area (Å²) >= 11 is 0. The molecule has 2 saturated heterocycles. The van der Waals surface area contributed by atoms with Crippen molar-refractivity contribution in [2.45, 2.75) is 77.7 Å². The monoisotopic (exact) mass is 1090 g/mol. The van der Waals surface area contributed by atoms with Crippen LogP contribution in [0.1, 0.15) is 52.7 Å². The number of nitrogens with one attached hydrogen (secondary N) is 3. The first-order valence-corrected chi connectivity index (χ1v) is 22.1. The van der Waals surface area contributed by atoms with Gasteiger partial charge in [0.2, 0.25) is 17.8 Å². The van der Waals surface area contributed by atoms with Gasteiger partial charge >= 0.3 is 17.9 Å². The first kappa shape index (κ1) is 54.1. The number of aromatic nitrogens is 6. The van der Waals surface area contributed by atoms with Crippen LogP contribution in [0.3, 0.4) is 0 Å². The first-order valence-electron chi connectivity index (χ1n) is 22.1. The normalized spacial score (nSPS) is 18.5. The van der Waals surface area contributed by atoms with Crippen LogP contribution in [0.4, 0.5) is 21.8 Å². The van der Waals surface area contributed by atoms with E-state index in [4.69, 9.17) is 15.1 Å². The number of alkyl halides is 1. The number of carboxylic acid groups (broad SMARTS) is 3. The average Bonchev–Trinajstić information content (AvgIpc) is 3.96. The number of aryl methyl sites for hydroxylation is 2. The molecule has 0 bridgehead atoms. The number of aliphatic carboxylic acids is 3. The van der Waals surface area contributed by atoms with Crippen molar-refractivity contribution in [3.05, 3.63) is 30.9 Å². The van der Waals surface area contributed by atoms with Crippen LogP contribution in [-0.2, 0) is 42.5 Å². The number of hydrogen-bond donors (Lipinski definition) is 6. The van der Waals surface area contributed by atoms with Crippen LogP contribution in [-0.4, -0.2) is 204 Å². The molecule has 2 aliphatic heterocycles. The summed E-state index contributed by atoms with van der Waals surface area (Å²) in [4.78, 5) is 82.8. The van der Waals surface area contributed by atoms with E-state index in [0.717, 1.165) is 36.7 Å². The van der Waals surface area contributed by atoms with Crippen molar-refractivity contribution in [1.29, 1.82) is 0 Å². The molecule has 2 atom stereocenters. The molecule has 0 aromatic carbocycles. The molecule has 2 aliphatic rings. The van der Waals surface area contributed by atoms with E-state index in [-0.39, 0.29) is 87.6 Å². The zero-order valence-electron chi connectivity index (χ0n) is 38.2. The van der Waals surface area contributed by atoms with Crippen LogP contribution < -0.4 is 20.9 Å². The van der Waals surface area contributed by atoms with Gasteiger partial charge in [0.1, 0.15) is 6.17 Å². The summed E-state index contributed by atoms with van der Waals surface area (Å²) in [6, 6.07) is -0.744. The number of rotatable bonds is 20. The topological polar surface area (TPSA) is 260 Å². The minimum atomic E-state index is -1.33. The van der Waals surface area contributed by atoms with E-state index >= 15 is 4.39 Å². The fraction of sp³-hybridized carbons (Fsp3) is 0.643. The summed E-state index contributed by atoms with van der Waals surface area (Å²) in [5, 5.41) is 42.3. The van der Waals surface area contributed by atoms with Gasteiger partial charge in [-0.2, -0.15) is 15.1 Å². The fourth-order valence-electron chi connectivity index (χ4n) is 7.83. The van der Waals surface area contributed by atoms with Gasteiger partial charge in [0.05, 0.1) is 56.5 Å². The van der Waals surface area contributed by atoms with E-state index in [9.17, 15) is 39.3 Å². The smallest absolute Gasteiger partial charge is 0.317 e. The number of carboxylic acids is 3. The van der Waals surface area contributed by atoms with Crippen LogP contribution in [0, 0.1) is 36.9 Å². The minimum absolute atomic E-state index is 0. The molecule has 6 N–H and O–H groups in total. The molecular weight excluding hydrogens is 1020 g/mol. The molecule has 2 fully saturated rings. The first-order chi connectivity index (χ1) is 30.9. The standard InChI is InChI=1S/C42H65FN14O8.Lu/c1-6-30-32(47-39-38-40(57(28-45-38)42(3,4)5)49-41(48-39)55-21-29(43)31(22-55)46-33(58)7-2)23-56(50-30)12-10-8-9-11-44-34(59)24-51-13-15-52(25-35(60)61)17-19-54(27-37(64)65)20-18-53(16-14-51)26-36(62)63;/h7,23,28-29,31H,2,6,8-22,24-27H2,1,3-5H3,(H,44,59)(H,46,58)(H,60,61)(H,62,63)(H,64,65)(H,47,48,49);/t29-,31-;/m1./s1. The number of nitrogens with zero attached hydrogens (tertiary/aromatic N) is 11. The maximum atomic E-state index is 15.1. The quantitative estimate of drug-likeness (QED) is 0.0672. The van der Waals surface area contributed by atoms with Crippen molar-refractivity contribution in [3.63, 3.8) is 0 Å². The van der Waals surface area contributed by atoms with E-state index in [0.29, 0.717) is 94.8 Å². The predicted molar refractivity (Wildman–Crippen MR) is 240 cm³/mol. The number of imidazole rings is 1. The molecular formula is C42H65FLuN14O8. The molecule has 3 aromatic rings. The average molecular weight is 1090 g/mol. The number of carbonyl (C=O) groups is 5. The third kappa shape index (κ3) is 16.4. The number of carbonyl (C=O) groups excluding carboxylic acids is 2. The third-order valence-electron chi connectivity index (χ3n) is 11.3. The SMILES string of the molecule is C=CC(=O)N[C@@H]1CN(c2nc(Nc3cn(CCCCCNC(=O)CN4CCN(CC(=O)O)CCN(CC(=O)O)CCN(CC(=O)O)CC4)nc3CC)c3ncn(C(C)(C)C)c3n2)C[C@H]1F.[Lu]. The minimum Gasteiger partial charge on any atom is -0.480 e. The Balaban J connectivity index is 0.00000952. The molecule has 5 heterocycles. The molecule has 0 spiro atoms. The molecule has 0 unspecified atom stereocenters. The Hall–Kier alpha value is -4.55. The molecule has 0 saturated carbocycles. The van der Waals surface area contributed by atoms with Crippen molar-refractivity contribution < 1.29 is 80.6 Å². The van der Waals surface area contributed by atoms with Crippen LogP contribution in [0.5, 0.6) is 0 Å². The Morgan fingerprint density at radius 2 is 1.39 bits per heavy atom. The van der Waals surface area contributed by atoms with Gasteiger partial charge in [-0.1, -0.05) is 13.5 Å².